The van der Waals surface area contributed by atoms with Gasteiger partial charge in [0, 0.05) is 19.0 Å². The van der Waals surface area contributed by atoms with Crippen molar-refractivity contribution < 1.29 is 9.59 Å². The van der Waals surface area contributed by atoms with Crippen LogP contribution in [0, 0.1) is 0 Å². The second-order valence-electron chi connectivity index (χ2n) is 3.80. The number of carbonyl (C=O) groups is 2. The highest BCUT2D eigenvalue weighted by Crippen LogP contribution is 2.28. The third-order valence-corrected chi connectivity index (χ3v) is 2.60. The molecule has 0 aromatic carbocycles. The van der Waals surface area contributed by atoms with Crippen LogP contribution in [0.15, 0.2) is 0 Å². The standard InChI is InChI=1S/C9H14N2O2/c1-6-9(13)11(7-2-3-7)5-4-8(12)10-6/h6-7H,2-5H2,1H3,(H,10,12). The third kappa shape index (κ3) is 1.66. The van der Waals surface area contributed by atoms with Crippen molar-refractivity contribution in [3.63, 3.8) is 0 Å². The van der Waals surface area contributed by atoms with Crippen molar-refractivity contribution in [2.75, 3.05) is 6.54 Å². The van der Waals surface area contributed by atoms with Gasteiger partial charge in [0.15, 0.2) is 0 Å². The molecule has 72 valence electrons. The monoisotopic (exact) mass is 182 g/mol. The average molecular weight is 182 g/mol. The van der Waals surface area contributed by atoms with Gasteiger partial charge in [-0.25, -0.2) is 0 Å². The maximum atomic E-state index is 11.7. The molecule has 2 amide bonds. The maximum Gasteiger partial charge on any atom is 0.245 e. The van der Waals surface area contributed by atoms with Gasteiger partial charge in [0.25, 0.3) is 0 Å². The first-order chi connectivity index (χ1) is 6.18. The number of hydrogen-bond donors (Lipinski definition) is 1. The molecular formula is C9H14N2O2. The van der Waals surface area contributed by atoms with E-state index in [2.05, 4.69) is 5.32 Å². The van der Waals surface area contributed by atoms with Gasteiger partial charge in [0.2, 0.25) is 11.8 Å². The molecule has 0 aromatic heterocycles. The lowest BCUT2D eigenvalue weighted by Crippen LogP contribution is -2.43. The van der Waals surface area contributed by atoms with E-state index in [1.165, 1.54) is 0 Å². The molecule has 1 aliphatic heterocycles. The smallest absolute Gasteiger partial charge is 0.245 e. The van der Waals surface area contributed by atoms with Gasteiger partial charge in [-0.2, -0.15) is 0 Å². The van der Waals surface area contributed by atoms with Crippen molar-refractivity contribution in [2.45, 2.75) is 38.3 Å². The van der Waals surface area contributed by atoms with E-state index in [4.69, 9.17) is 0 Å². The van der Waals surface area contributed by atoms with Crippen LogP contribution in [0.4, 0.5) is 0 Å². The van der Waals surface area contributed by atoms with Crippen LogP contribution >= 0.6 is 0 Å². The van der Waals surface area contributed by atoms with E-state index in [1.54, 1.807) is 6.92 Å². The fraction of sp³-hybridized carbons (Fsp3) is 0.778. The van der Waals surface area contributed by atoms with Crippen LogP contribution in [0.25, 0.3) is 0 Å². The highest BCUT2D eigenvalue weighted by molar-refractivity contribution is 5.89. The van der Waals surface area contributed by atoms with Gasteiger partial charge in [-0.1, -0.05) is 0 Å². The van der Waals surface area contributed by atoms with Crippen LogP contribution in [0.5, 0.6) is 0 Å². The number of nitrogens with one attached hydrogen (secondary N) is 1. The molecule has 0 spiro atoms. The Balaban J connectivity index is 2.09. The molecule has 0 aromatic rings. The Bertz CT molecular complexity index is 248. The van der Waals surface area contributed by atoms with Crippen molar-refractivity contribution in [2.24, 2.45) is 0 Å². The molecule has 1 N–H and O–H groups in total. The lowest BCUT2D eigenvalue weighted by Gasteiger charge is -2.21. The molecule has 1 saturated carbocycles. The number of amides is 2. The first-order valence-corrected chi connectivity index (χ1v) is 4.78. The highest BCUT2D eigenvalue weighted by atomic mass is 16.2. The Hall–Kier alpha value is -1.06. The summed E-state index contributed by atoms with van der Waals surface area (Å²) in [5.74, 6) is 0.0670. The Kier molecular flexibility index (Phi) is 1.98. The van der Waals surface area contributed by atoms with Crippen molar-refractivity contribution in [1.29, 1.82) is 0 Å². The first kappa shape index (κ1) is 8.53. The Labute approximate surface area is 77.3 Å². The van der Waals surface area contributed by atoms with Gasteiger partial charge < -0.3 is 10.2 Å². The van der Waals surface area contributed by atoms with E-state index < -0.39 is 0 Å². The molecule has 0 bridgehead atoms. The Morgan fingerprint density at radius 3 is 2.69 bits per heavy atom. The van der Waals surface area contributed by atoms with Crippen LogP contribution in [0.2, 0.25) is 0 Å². The van der Waals surface area contributed by atoms with Gasteiger partial charge in [0.1, 0.15) is 6.04 Å². The average Bonchev–Trinajstić information content (AvgIpc) is 2.86. The van der Waals surface area contributed by atoms with Crippen molar-refractivity contribution in [1.82, 2.24) is 10.2 Å². The predicted molar refractivity (Wildman–Crippen MR) is 47.0 cm³/mol. The SMILES string of the molecule is CC1NC(=O)CCN(C2CC2)C1=O. The topological polar surface area (TPSA) is 49.4 Å². The van der Waals surface area contributed by atoms with Gasteiger partial charge in [-0.15, -0.1) is 0 Å². The molecule has 0 radical (unpaired) electrons. The minimum atomic E-state index is -0.337. The fourth-order valence-corrected chi connectivity index (χ4v) is 1.71. The van der Waals surface area contributed by atoms with Crippen LogP contribution in [-0.4, -0.2) is 35.3 Å². The maximum absolute atomic E-state index is 11.7. The summed E-state index contributed by atoms with van der Waals surface area (Å²) in [6.07, 6.45) is 2.66. The summed E-state index contributed by atoms with van der Waals surface area (Å²) in [5, 5.41) is 2.67. The lowest BCUT2D eigenvalue weighted by atomic mass is 10.3. The van der Waals surface area contributed by atoms with Crippen LogP contribution < -0.4 is 5.32 Å². The van der Waals surface area contributed by atoms with E-state index in [0.717, 1.165) is 12.8 Å². The van der Waals surface area contributed by atoms with Crippen molar-refractivity contribution >= 4 is 11.8 Å². The summed E-state index contributed by atoms with van der Waals surface area (Å²) in [6, 6.07) is 0.0817. The molecule has 2 rings (SSSR count). The third-order valence-electron chi connectivity index (χ3n) is 2.60. The van der Waals surface area contributed by atoms with Crippen LogP contribution in [0.3, 0.4) is 0 Å². The van der Waals surface area contributed by atoms with Crippen molar-refractivity contribution in [3.05, 3.63) is 0 Å². The zero-order chi connectivity index (χ0) is 9.42. The summed E-state index contributed by atoms with van der Waals surface area (Å²) < 4.78 is 0. The molecular weight excluding hydrogens is 168 g/mol. The molecule has 13 heavy (non-hydrogen) atoms. The summed E-state index contributed by atoms with van der Waals surface area (Å²) in [7, 11) is 0. The minimum Gasteiger partial charge on any atom is -0.345 e. The van der Waals surface area contributed by atoms with Gasteiger partial charge in [-0.05, 0) is 19.8 Å². The van der Waals surface area contributed by atoms with E-state index in [-0.39, 0.29) is 17.9 Å². The molecule has 4 nitrogen and oxygen atoms in total. The quantitative estimate of drug-likeness (QED) is 0.615. The van der Waals surface area contributed by atoms with Crippen LogP contribution in [0.1, 0.15) is 26.2 Å². The second kappa shape index (κ2) is 3.01. The predicted octanol–water partition coefficient (Wildman–Crippen LogP) is -0.114. The summed E-state index contributed by atoms with van der Waals surface area (Å²) in [4.78, 5) is 24.7. The van der Waals surface area contributed by atoms with E-state index in [1.807, 2.05) is 4.90 Å². The Morgan fingerprint density at radius 1 is 1.38 bits per heavy atom. The largest absolute Gasteiger partial charge is 0.345 e. The van der Waals surface area contributed by atoms with Gasteiger partial charge in [-0.3, -0.25) is 9.59 Å². The minimum absolute atomic E-state index is 0.0102. The number of rotatable bonds is 1. The first-order valence-electron chi connectivity index (χ1n) is 4.78. The number of carbonyl (C=O) groups excluding carboxylic acids is 2. The molecule has 2 fully saturated rings. The molecule has 1 unspecified atom stereocenters. The summed E-state index contributed by atoms with van der Waals surface area (Å²) >= 11 is 0. The zero-order valence-corrected chi connectivity index (χ0v) is 7.75. The van der Waals surface area contributed by atoms with E-state index in [9.17, 15) is 9.59 Å². The normalized spacial score (nSPS) is 29.9. The van der Waals surface area contributed by atoms with Gasteiger partial charge in [0.05, 0.1) is 0 Å². The van der Waals surface area contributed by atoms with Crippen molar-refractivity contribution in [3.8, 4) is 0 Å². The lowest BCUT2D eigenvalue weighted by molar-refractivity contribution is -0.133. The van der Waals surface area contributed by atoms with Crippen LogP contribution in [-0.2, 0) is 9.59 Å². The molecule has 1 atom stereocenters. The van der Waals surface area contributed by atoms with E-state index in [0.29, 0.717) is 19.0 Å². The molecule has 1 saturated heterocycles. The zero-order valence-electron chi connectivity index (χ0n) is 7.75. The number of hydrogen-bond acceptors (Lipinski definition) is 2. The fourth-order valence-electron chi connectivity index (χ4n) is 1.71. The Morgan fingerprint density at radius 2 is 2.08 bits per heavy atom. The van der Waals surface area contributed by atoms with Gasteiger partial charge >= 0.3 is 0 Å². The summed E-state index contributed by atoms with van der Waals surface area (Å²) in [6.45, 7) is 2.35. The molecule has 2 aliphatic rings. The molecule has 1 heterocycles. The highest BCUT2D eigenvalue weighted by Gasteiger charge is 2.36. The molecule has 1 aliphatic carbocycles. The summed E-state index contributed by atoms with van der Waals surface area (Å²) in [5.41, 5.74) is 0. The second-order valence-corrected chi connectivity index (χ2v) is 3.80. The number of nitrogens with zero attached hydrogens (tertiary/aromatic N) is 1. The molecule has 4 heteroatoms. The van der Waals surface area contributed by atoms with E-state index >= 15 is 0 Å².